The lowest BCUT2D eigenvalue weighted by Crippen LogP contribution is -2.44. The van der Waals surface area contributed by atoms with Crippen molar-refractivity contribution in [2.45, 2.75) is 25.4 Å². The molecular weight excluding hydrogens is 358 g/mol. The number of rotatable bonds is 3. The molecule has 3 atom stereocenters. The molecule has 3 fully saturated rings. The minimum absolute atomic E-state index is 0.219. The summed E-state index contributed by atoms with van der Waals surface area (Å²) in [6, 6.07) is 5.42. The highest BCUT2D eigenvalue weighted by atomic mass is 16.2. The van der Waals surface area contributed by atoms with Crippen molar-refractivity contribution in [3.8, 4) is 0 Å². The van der Waals surface area contributed by atoms with Crippen LogP contribution in [0.1, 0.15) is 24.4 Å². The van der Waals surface area contributed by atoms with E-state index >= 15 is 0 Å². The monoisotopic (exact) mass is 383 g/mol. The van der Waals surface area contributed by atoms with E-state index in [-0.39, 0.29) is 18.0 Å². The Kier molecular flexibility index (Phi) is 4.13. The van der Waals surface area contributed by atoms with Gasteiger partial charge in [0.05, 0.1) is 11.0 Å². The lowest BCUT2D eigenvalue weighted by molar-refractivity contribution is -0.135. The topological polar surface area (TPSA) is 88.4 Å². The van der Waals surface area contributed by atoms with Gasteiger partial charge in [-0.25, -0.2) is 4.79 Å². The normalized spacial score (nSPS) is 28.1. The van der Waals surface area contributed by atoms with E-state index in [1.807, 2.05) is 6.07 Å². The zero-order valence-corrected chi connectivity index (χ0v) is 16.0. The SMILES string of the molecule is Cn1c(=O)n(C2CCC(=O)NC2=O)c2ccc(CN3CC4CNCC4C3)cc21. The highest BCUT2D eigenvalue weighted by Crippen LogP contribution is 2.28. The molecule has 8 nitrogen and oxygen atoms in total. The van der Waals surface area contributed by atoms with Gasteiger partial charge in [0.15, 0.2) is 0 Å². The first-order valence-corrected chi connectivity index (χ1v) is 9.98. The summed E-state index contributed by atoms with van der Waals surface area (Å²) in [5.41, 5.74) is 2.53. The Morgan fingerprint density at radius 1 is 1.07 bits per heavy atom. The average Bonchev–Trinajstić information content (AvgIpc) is 3.30. The number of piperidine rings is 1. The van der Waals surface area contributed by atoms with Crippen LogP contribution >= 0.6 is 0 Å². The molecule has 4 heterocycles. The molecule has 1 aromatic heterocycles. The molecule has 0 spiro atoms. The van der Waals surface area contributed by atoms with Crippen molar-refractivity contribution in [2.75, 3.05) is 26.2 Å². The summed E-state index contributed by atoms with van der Waals surface area (Å²) in [5, 5.41) is 5.81. The number of hydrogen-bond acceptors (Lipinski definition) is 5. The second-order valence-electron chi connectivity index (χ2n) is 8.37. The van der Waals surface area contributed by atoms with Gasteiger partial charge in [-0.05, 0) is 49.0 Å². The van der Waals surface area contributed by atoms with Crippen molar-refractivity contribution in [1.82, 2.24) is 24.7 Å². The third kappa shape index (κ3) is 2.79. The largest absolute Gasteiger partial charge is 0.329 e. The van der Waals surface area contributed by atoms with E-state index in [1.165, 1.54) is 10.1 Å². The number of benzene rings is 1. The number of nitrogens with zero attached hydrogens (tertiary/aromatic N) is 3. The third-order valence-corrected chi connectivity index (χ3v) is 6.55. The van der Waals surface area contributed by atoms with Crippen molar-refractivity contribution in [3.05, 3.63) is 34.2 Å². The van der Waals surface area contributed by atoms with Gasteiger partial charge >= 0.3 is 5.69 Å². The van der Waals surface area contributed by atoms with Crippen LogP contribution in [0, 0.1) is 11.8 Å². The molecule has 5 rings (SSSR count). The van der Waals surface area contributed by atoms with Crippen LogP contribution < -0.4 is 16.3 Å². The number of imide groups is 1. The molecule has 2 aromatic rings. The molecule has 3 aliphatic rings. The summed E-state index contributed by atoms with van der Waals surface area (Å²) < 4.78 is 3.14. The number of hydrogen-bond donors (Lipinski definition) is 2. The highest BCUT2D eigenvalue weighted by molar-refractivity contribution is 6.00. The Morgan fingerprint density at radius 3 is 2.54 bits per heavy atom. The molecule has 0 bridgehead atoms. The Labute approximate surface area is 162 Å². The van der Waals surface area contributed by atoms with E-state index in [0.29, 0.717) is 6.42 Å². The van der Waals surface area contributed by atoms with Gasteiger partial charge < -0.3 is 5.32 Å². The predicted octanol–water partition coefficient (Wildman–Crippen LogP) is -0.0311. The second kappa shape index (κ2) is 6.56. The first-order valence-electron chi connectivity index (χ1n) is 9.98. The number of aromatic nitrogens is 2. The summed E-state index contributed by atoms with van der Waals surface area (Å²) in [7, 11) is 1.74. The standard InChI is InChI=1S/C20H25N5O3/c1-23-17-6-12(9-24-10-13-7-21-8-14(13)11-24)2-3-15(17)25(20(23)28)16-4-5-18(26)22-19(16)27/h2-3,6,13-14,16,21H,4-5,7-11H2,1H3,(H,22,26,27). The molecule has 8 heteroatoms. The Balaban J connectivity index is 1.44. The van der Waals surface area contributed by atoms with Crippen LogP contribution in [0.15, 0.2) is 23.0 Å². The van der Waals surface area contributed by atoms with E-state index in [2.05, 4.69) is 27.7 Å². The molecule has 3 aliphatic heterocycles. The maximum Gasteiger partial charge on any atom is 0.329 e. The van der Waals surface area contributed by atoms with Crippen molar-refractivity contribution >= 4 is 22.8 Å². The summed E-state index contributed by atoms with van der Waals surface area (Å²) in [6.45, 7) is 5.34. The Morgan fingerprint density at radius 2 is 1.82 bits per heavy atom. The maximum atomic E-state index is 12.8. The summed E-state index contributed by atoms with van der Waals surface area (Å²) in [4.78, 5) is 39.1. The van der Waals surface area contributed by atoms with Crippen molar-refractivity contribution < 1.29 is 9.59 Å². The lowest BCUT2D eigenvalue weighted by atomic mass is 10.0. The minimum Gasteiger partial charge on any atom is -0.316 e. The van der Waals surface area contributed by atoms with Crippen LogP contribution in [-0.2, 0) is 23.2 Å². The maximum absolute atomic E-state index is 12.8. The molecule has 0 aliphatic carbocycles. The van der Waals surface area contributed by atoms with Gasteiger partial charge in [-0.15, -0.1) is 0 Å². The molecule has 2 N–H and O–H groups in total. The fraction of sp³-hybridized carbons (Fsp3) is 0.550. The number of likely N-dealkylation sites (tertiary alicyclic amines) is 1. The van der Waals surface area contributed by atoms with E-state index in [1.54, 1.807) is 11.6 Å². The van der Waals surface area contributed by atoms with Crippen molar-refractivity contribution in [1.29, 1.82) is 0 Å². The molecule has 148 valence electrons. The van der Waals surface area contributed by atoms with Crippen LogP contribution in [-0.4, -0.2) is 52.0 Å². The molecule has 28 heavy (non-hydrogen) atoms. The number of nitrogens with one attached hydrogen (secondary N) is 2. The molecule has 3 unspecified atom stereocenters. The average molecular weight is 383 g/mol. The molecular formula is C20H25N5O3. The van der Waals surface area contributed by atoms with Crippen LogP contribution in [0.25, 0.3) is 11.0 Å². The molecule has 1 aromatic carbocycles. The van der Waals surface area contributed by atoms with Gasteiger partial charge in [-0.1, -0.05) is 6.07 Å². The summed E-state index contributed by atoms with van der Waals surface area (Å²) in [5.74, 6) is 0.831. The Bertz CT molecular complexity index is 1010. The fourth-order valence-electron chi connectivity index (χ4n) is 5.08. The zero-order chi connectivity index (χ0) is 19.4. The van der Waals surface area contributed by atoms with Gasteiger partial charge in [0.25, 0.3) is 0 Å². The second-order valence-corrected chi connectivity index (χ2v) is 8.37. The quantitative estimate of drug-likeness (QED) is 0.727. The zero-order valence-electron chi connectivity index (χ0n) is 16.0. The number of fused-ring (bicyclic) bond motifs is 2. The van der Waals surface area contributed by atoms with Crippen LogP contribution in [0.3, 0.4) is 0 Å². The molecule has 3 saturated heterocycles. The van der Waals surface area contributed by atoms with Crippen LogP contribution in [0.5, 0.6) is 0 Å². The van der Waals surface area contributed by atoms with E-state index < -0.39 is 11.9 Å². The van der Waals surface area contributed by atoms with Gasteiger partial charge in [-0.3, -0.25) is 28.9 Å². The van der Waals surface area contributed by atoms with Crippen LogP contribution in [0.4, 0.5) is 0 Å². The minimum atomic E-state index is -0.634. The number of amides is 2. The number of carbonyl (C=O) groups is 2. The van der Waals surface area contributed by atoms with E-state index in [4.69, 9.17) is 0 Å². The van der Waals surface area contributed by atoms with Gasteiger partial charge in [0, 0.05) is 33.1 Å². The van der Waals surface area contributed by atoms with E-state index in [9.17, 15) is 14.4 Å². The summed E-state index contributed by atoms with van der Waals surface area (Å²) >= 11 is 0. The lowest BCUT2D eigenvalue weighted by Gasteiger charge is -2.22. The van der Waals surface area contributed by atoms with Crippen LogP contribution in [0.2, 0.25) is 0 Å². The number of carbonyl (C=O) groups excluding carboxylic acids is 2. The van der Waals surface area contributed by atoms with Crippen molar-refractivity contribution in [3.63, 3.8) is 0 Å². The highest BCUT2D eigenvalue weighted by Gasteiger charge is 2.36. The van der Waals surface area contributed by atoms with Gasteiger partial charge in [0.1, 0.15) is 6.04 Å². The first-order chi connectivity index (χ1) is 13.5. The smallest absolute Gasteiger partial charge is 0.316 e. The van der Waals surface area contributed by atoms with Gasteiger partial charge in [-0.2, -0.15) is 0 Å². The fourth-order valence-corrected chi connectivity index (χ4v) is 5.08. The number of imidazole rings is 1. The van der Waals surface area contributed by atoms with Crippen molar-refractivity contribution in [2.24, 2.45) is 18.9 Å². The van der Waals surface area contributed by atoms with Gasteiger partial charge in [0.2, 0.25) is 11.8 Å². The third-order valence-electron chi connectivity index (χ3n) is 6.55. The molecule has 0 saturated carbocycles. The first kappa shape index (κ1) is 17.6. The predicted molar refractivity (Wildman–Crippen MR) is 104 cm³/mol. The summed E-state index contributed by atoms with van der Waals surface area (Å²) in [6.07, 6.45) is 0.611. The Hall–Kier alpha value is -2.45. The number of aryl methyl sites for hydroxylation is 1. The molecule has 2 amide bonds. The molecule has 0 radical (unpaired) electrons. The van der Waals surface area contributed by atoms with E-state index in [0.717, 1.165) is 55.6 Å².